The molecule has 5 heterocycles. The monoisotopic (exact) mass is 480 g/mol. The molecule has 0 bridgehead atoms. The molecule has 0 radical (unpaired) electrons. The van der Waals surface area contributed by atoms with Crippen LogP contribution in [0.3, 0.4) is 0 Å². The zero-order chi connectivity index (χ0) is 23.9. The van der Waals surface area contributed by atoms with E-state index in [0.29, 0.717) is 5.92 Å². The van der Waals surface area contributed by atoms with E-state index in [9.17, 15) is 4.79 Å². The lowest BCUT2D eigenvalue weighted by Gasteiger charge is -2.38. The molecule has 1 saturated carbocycles. The lowest BCUT2D eigenvalue weighted by atomic mass is 9.79. The van der Waals surface area contributed by atoms with Crippen LogP contribution in [-0.2, 0) is 4.79 Å². The third-order valence-electron chi connectivity index (χ3n) is 8.77. The van der Waals surface area contributed by atoms with Gasteiger partial charge in [0.1, 0.15) is 5.82 Å². The summed E-state index contributed by atoms with van der Waals surface area (Å²) in [7, 11) is 0. The van der Waals surface area contributed by atoms with Crippen LogP contribution in [0.2, 0.25) is 0 Å². The average molecular weight is 481 g/mol. The highest BCUT2D eigenvalue weighted by atomic mass is 16.2. The van der Waals surface area contributed by atoms with Crippen LogP contribution in [-0.4, -0.2) is 63.7 Å². The van der Waals surface area contributed by atoms with E-state index < -0.39 is 0 Å². The number of hydrogen-bond acceptors (Lipinski definition) is 7. The van der Waals surface area contributed by atoms with Crippen LogP contribution in [0.1, 0.15) is 75.1 Å². The number of aromatic nitrogens is 3. The maximum atomic E-state index is 13.9. The predicted octanol–water partition coefficient (Wildman–Crippen LogP) is 2.30. The highest BCUT2D eigenvalue weighted by molar-refractivity contribution is 5.81. The van der Waals surface area contributed by atoms with Crippen LogP contribution in [0.4, 0.5) is 5.82 Å². The standard InChI is InChI=1S/C26H40N8O/c1-17-15-34-23(29-25(17)32-12-10-19(27)16-32)13-21(31-34)22-9-5-6-11-33(22)26(35)20-14-28-30-24(20)18-7-3-2-4-8-18/h13,15,18-20,22,24,28,30H,2-12,14,16,27H2,1H3/t19-,20?,22-,24?/m0/s1. The summed E-state index contributed by atoms with van der Waals surface area (Å²) in [6.45, 7) is 5.42. The van der Waals surface area contributed by atoms with E-state index in [1.165, 1.54) is 32.1 Å². The second kappa shape index (κ2) is 9.67. The molecule has 0 aromatic carbocycles. The number of nitrogens with two attached hydrogens (primary N) is 1. The van der Waals surface area contributed by atoms with Gasteiger partial charge in [0.2, 0.25) is 5.91 Å². The van der Waals surface area contributed by atoms with Gasteiger partial charge in [-0.05, 0) is 51.4 Å². The van der Waals surface area contributed by atoms with Gasteiger partial charge in [0.25, 0.3) is 0 Å². The quantitative estimate of drug-likeness (QED) is 0.617. The first-order valence-electron chi connectivity index (χ1n) is 13.7. The highest BCUT2D eigenvalue weighted by Gasteiger charge is 2.42. The Kier molecular flexibility index (Phi) is 6.41. The number of nitrogens with one attached hydrogen (secondary N) is 2. The normalized spacial score (nSPS) is 30.5. The third-order valence-corrected chi connectivity index (χ3v) is 8.77. The summed E-state index contributed by atoms with van der Waals surface area (Å²) in [5, 5.41) is 4.93. The first-order valence-corrected chi connectivity index (χ1v) is 13.7. The van der Waals surface area contributed by atoms with Gasteiger partial charge in [0.05, 0.1) is 17.7 Å². The fourth-order valence-corrected chi connectivity index (χ4v) is 6.89. The SMILES string of the molecule is Cc1cn2nc([C@@H]3CCCCN3C(=O)C3CNNC3C3CCCCC3)cc2nc1N1CC[C@H](N)C1. The number of carbonyl (C=O) groups is 1. The van der Waals surface area contributed by atoms with E-state index >= 15 is 0 Å². The summed E-state index contributed by atoms with van der Waals surface area (Å²) in [6.07, 6.45) is 12.6. The second-order valence-corrected chi connectivity index (χ2v) is 11.2. The molecule has 3 saturated heterocycles. The predicted molar refractivity (Wildman–Crippen MR) is 136 cm³/mol. The maximum Gasteiger partial charge on any atom is 0.229 e. The van der Waals surface area contributed by atoms with Gasteiger partial charge in [0, 0.05) is 56.1 Å². The van der Waals surface area contributed by atoms with Gasteiger partial charge in [-0.1, -0.05) is 19.3 Å². The van der Waals surface area contributed by atoms with E-state index in [4.69, 9.17) is 15.8 Å². The van der Waals surface area contributed by atoms with Crippen molar-refractivity contribution >= 4 is 17.4 Å². The van der Waals surface area contributed by atoms with Gasteiger partial charge < -0.3 is 15.5 Å². The van der Waals surface area contributed by atoms with Crippen molar-refractivity contribution in [1.82, 2.24) is 30.3 Å². The van der Waals surface area contributed by atoms with E-state index in [1.807, 2.05) is 4.52 Å². The van der Waals surface area contributed by atoms with E-state index in [-0.39, 0.29) is 30.0 Å². The van der Waals surface area contributed by atoms with Gasteiger partial charge in [-0.2, -0.15) is 5.10 Å². The smallest absolute Gasteiger partial charge is 0.229 e. The first kappa shape index (κ1) is 23.2. The minimum atomic E-state index is 0.00192. The molecule has 35 heavy (non-hydrogen) atoms. The Balaban J connectivity index is 1.25. The number of amides is 1. The Labute approximate surface area is 207 Å². The molecule has 4 atom stereocenters. The summed E-state index contributed by atoms with van der Waals surface area (Å²) in [5.41, 5.74) is 15.9. The van der Waals surface area contributed by atoms with Crippen LogP contribution in [0.15, 0.2) is 12.3 Å². The number of fused-ring (bicyclic) bond motifs is 1. The Morgan fingerprint density at radius 1 is 1.09 bits per heavy atom. The van der Waals surface area contributed by atoms with Crippen molar-refractivity contribution in [1.29, 1.82) is 0 Å². The van der Waals surface area contributed by atoms with Crippen LogP contribution in [0.5, 0.6) is 0 Å². The maximum absolute atomic E-state index is 13.9. The number of hydrogen-bond donors (Lipinski definition) is 3. The Bertz CT molecular complexity index is 1060. The van der Waals surface area contributed by atoms with Crippen molar-refractivity contribution in [3.8, 4) is 0 Å². The third kappa shape index (κ3) is 4.42. The van der Waals surface area contributed by atoms with E-state index in [0.717, 1.165) is 74.6 Å². The molecular weight excluding hydrogens is 440 g/mol. The lowest BCUT2D eigenvalue weighted by molar-refractivity contribution is -0.140. The molecule has 9 heteroatoms. The number of carbonyl (C=O) groups excluding carboxylic acids is 1. The Morgan fingerprint density at radius 2 is 1.91 bits per heavy atom. The summed E-state index contributed by atoms with van der Waals surface area (Å²) in [6, 6.07) is 2.57. The lowest BCUT2D eigenvalue weighted by Crippen LogP contribution is -2.48. The zero-order valence-corrected chi connectivity index (χ0v) is 21.0. The number of likely N-dealkylation sites (tertiary alicyclic amines) is 1. The summed E-state index contributed by atoms with van der Waals surface area (Å²) < 4.78 is 1.89. The van der Waals surface area contributed by atoms with Crippen LogP contribution >= 0.6 is 0 Å². The van der Waals surface area contributed by atoms with Crippen molar-refractivity contribution in [3.05, 3.63) is 23.5 Å². The van der Waals surface area contributed by atoms with Crippen molar-refractivity contribution in [2.45, 2.75) is 82.8 Å². The molecule has 2 aromatic rings. The van der Waals surface area contributed by atoms with Crippen LogP contribution < -0.4 is 21.5 Å². The molecule has 4 N–H and O–H groups in total. The van der Waals surface area contributed by atoms with Gasteiger partial charge in [-0.25, -0.2) is 9.50 Å². The molecule has 1 amide bonds. The largest absolute Gasteiger partial charge is 0.355 e. The minimum Gasteiger partial charge on any atom is -0.355 e. The van der Waals surface area contributed by atoms with Crippen LogP contribution in [0, 0.1) is 18.8 Å². The molecule has 190 valence electrons. The fraction of sp³-hybridized carbons (Fsp3) is 0.731. The molecule has 4 aliphatic rings. The summed E-state index contributed by atoms with van der Waals surface area (Å²) in [5.74, 6) is 1.89. The number of rotatable bonds is 4. The van der Waals surface area contributed by atoms with Crippen molar-refractivity contribution in [2.75, 3.05) is 31.1 Å². The molecule has 2 unspecified atom stereocenters. The van der Waals surface area contributed by atoms with Gasteiger partial charge in [-0.3, -0.25) is 15.6 Å². The van der Waals surface area contributed by atoms with E-state index in [2.05, 4.69) is 39.8 Å². The van der Waals surface area contributed by atoms with Crippen molar-refractivity contribution in [3.63, 3.8) is 0 Å². The number of piperidine rings is 1. The molecule has 4 fully saturated rings. The zero-order valence-electron chi connectivity index (χ0n) is 21.0. The summed E-state index contributed by atoms with van der Waals surface area (Å²) >= 11 is 0. The van der Waals surface area contributed by atoms with Gasteiger partial charge >= 0.3 is 0 Å². The molecule has 0 spiro atoms. The second-order valence-electron chi connectivity index (χ2n) is 11.2. The highest BCUT2D eigenvalue weighted by Crippen LogP contribution is 2.36. The molecule has 9 nitrogen and oxygen atoms in total. The number of aryl methyl sites for hydroxylation is 1. The number of nitrogens with zero attached hydrogens (tertiary/aromatic N) is 5. The Hall–Kier alpha value is -2.23. The topological polar surface area (TPSA) is 104 Å². The van der Waals surface area contributed by atoms with E-state index in [1.54, 1.807) is 0 Å². The fourth-order valence-electron chi connectivity index (χ4n) is 6.89. The average Bonchev–Trinajstić information content (AvgIpc) is 3.63. The van der Waals surface area contributed by atoms with Crippen LogP contribution in [0.25, 0.3) is 5.65 Å². The molecular formula is C26H40N8O. The molecule has 6 rings (SSSR count). The minimum absolute atomic E-state index is 0.00192. The molecule has 3 aliphatic heterocycles. The van der Waals surface area contributed by atoms with Gasteiger partial charge in [0.15, 0.2) is 5.65 Å². The summed E-state index contributed by atoms with van der Waals surface area (Å²) in [4.78, 5) is 23.3. The first-order chi connectivity index (χ1) is 17.1. The Morgan fingerprint density at radius 3 is 2.71 bits per heavy atom. The number of hydrazine groups is 1. The molecule has 2 aromatic heterocycles. The van der Waals surface area contributed by atoms with Crippen molar-refractivity contribution < 1.29 is 4.79 Å². The number of anilines is 1. The molecule has 1 aliphatic carbocycles. The van der Waals surface area contributed by atoms with Crippen molar-refractivity contribution in [2.24, 2.45) is 17.6 Å². The van der Waals surface area contributed by atoms with Gasteiger partial charge in [-0.15, -0.1) is 0 Å².